The molecule has 0 aliphatic carbocycles. The monoisotopic (exact) mass is 416 g/mol. The molecule has 0 spiro atoms. The lowest BCUT2D eigenvalue weighted by molar-refractivity contribution is -0.132. The van der Waals surface area contributed by atoms with Gasteiger partial charge in [0.25, 0.3) is 0 Å². The van der Waals surface area contributed by atoms with Gasteiger partial charge in [-0.1, -0.05) is 18.2 Å². The highest BCUT2D eigenvalue weighted by atomic mass is 16.5. The van der Waals surface area contributed by atoms with Gasteiger partial charge in [-0.05, 0) is 26.0 Å². The Balaban J connectivity index is 1.57. The van der Waals surface area contributed by atoms with Crippen LogP contribution < -0.4 is 5.73 Å². The maximum Gasteiger partial charge on any atom is 0.338 e. The van der Waals surface area contributed by atoms with Gasteiger partial charge in [-0.2, -0.15) is 0 Å². The van der Waals surface area contributed by atoms with Gasteiger partial charge in [-0.25, -0.2) is 4.79 Å². The number of esters is 1. The van der Waals surface area contributed by atoms with E-state index < -0.39 is 18.0 Å². The number of nitrogens with zero attached hydrogens (tertiary/aromatic N) is 3. The largest absolute Gasteiger partial charge is 0.457 e. The summed E-state index contributed by atoms with van der Waals surface area (Å²) in [6, 6.07) is 9.22. The molecule has 2 amide bonds. The third-order valence-corrected chi connectivity index (χ3v) is 5.96. The molecule has 164 valence electrons. The Morgan fingerprint density at radius 3 is 2.33 bits per heavy atom. The number of primary amides is 1. The fourth-order valence-electron chi connectivity index (χ4n) is 4.14. The van der Waals surface area contributed by atoms with Crippen LogP contribution in [0.15, 0.2) is 30.3 Å². The summed E-state index contributed by atoms with van der Waals surface area (Å²) < 4.78 is 5.66. The van der Waals surface area contributed by atoms with Crippen molar-refractivity contribution >= 4 is 17.8 Å². The maximum atomic E-state index is 12.9. The molecule has 2 N–H and O–H groups in total. The van der Waals surface area contributed by atoms with Crippen LogP contribution in [0.1, 0.15) is 30.6 Å². The Morgan fingerprint density at radius 2 is 1.73 bits per heavy atom. The van der Waals surface area contributed by atoms with E-state index in [1.54, 1.807) is 29.2 Å². The Bertz CT molecular complexity index is 747. The molecule has 30 heavy (non-hydrogen) atoms. The van der Waals surface area contributed by atoms with Crippen molar-refractivity contribution in [3.63, 3.8) is 0 Å². The molecule has 1 aromatic rings. The minimum atomic E-state index is -0.535. The van der Waals surface area contributed by atoms with Crippen molar-refractivity contribution in [2.75, 3.05) is 45.8 Å². The molecule has 2 saturated heterocycles. The average molecular weight is 417 g/mol. The van der Waals surface area contributed by atoms with E-state index in [-0.39, 0.29) is 18.2 Å². The molecule has 3 rings (SSSR count). The van der Waals surface area contributed by atoms with Crippen molar-refractivity contribution < 1.29 is 19.1 Å². The number of carbonyl (C=O) groups excluding carboxylic acids is 3. The van der Waals surface area contributed by atoms with Crippen LogP contribution in [0, 0.1) is 5.92 Å². The quantitative estimate of drug-likeness (QED) is 0.653. The maximum absolute atomic E-state index is 12.9. The molecule has 8 nitrogen and oxygen atoms in total. The normalized spacial score (nSPS) is 23.0. The topological polar surface area (TPSA) is 96.2 Å². The number of hydrogen-bond acceptors (Lipinski definition) is 6. The van der Waals surface area contributed by atoms with E-state index in [0.29, 0.717) is 31.2 Å². The highest BCUT2D eigenvalue weighted by molar-refractivity contribution is 5.89. The first-order valence-electron chi connectivity index (χ1n) is 10.6. The van der Waals surface area contributed by atoms with Crippen molar-refractivity contribution in [1.29, 1.82) is 0 Å². The highest BCUT2D eigenvalue weighted by Gasteiger charge is 2.39. The van der Waals surface area contributed by atoms with Gasteiger partial charge in [0.05, 0.1) is 18.7 Å². The lowest BCUT2D eigenvalue weighted by atomic mass is 10.0. The fraction of sp³-hybridized carbons (Fsp3) is 0.591. The van der Waals surface area contributed by atoms with E-state index in [1.165, 1.54) is 0 Å². The molecule has 2 atom stereocenters. The van der Waals surface area contributed by atoms with Crippen molar-refractivity contribution in [2.24, 2.45) is 11.7 Å². The number of ether oxygens (including phenoxy) is 1. The zero-order valence-electron chi connectivity index (χ0n) is 17.8. The van der Waals surface area contributed by atoms with Gasteiger partial charge >= 0.3 is 5.97 Å². The SMILES string of the molecule is CC(C)N1CCN(CC(=O)N2C[C@H](CC(N)=O)[C@H](OC(=O)c3ccccc3)C2)CC1. The molecule has 2 aliphatic heterocycles. The van der Waals surface area contributed by atoms with Crippen molar-refractivity contribution in [3.05, 3.63) is 35.9 Å². The van der Waals surface area contributed by atoms with E-state index in [0.717, 1.165) is 26.2 Å². The minimum absolute atomic E-state index is 0.000674. The van der Waals surface area contributed by atoms with E-state index in [9.17, 15) is 14.4 Å². The zero-order valence-corrected chi connectivity index (χ0v) is 17.8. The van der Waals surface area contributed by atoms with Gasteiger partial charge in [0.1, 0.15) is 6.10 Å². The number of amides is 2. The van der Waals surface area contributed by atoms with Crippen LogP contribution in [0.25, 0.3) is 0 Å². The van der Waals surface area contributed by atoms with E-state index >= 15 is 0 Å². The molecular formula is C22H32N4O4. The molecule has 8 heteroatoms. The number of likely N-dealkylation sites (tertiary alicyclic amines) is 1. The Hall–Kier alpha value is -2.45. The van der Waals surface area contributed by atoms with Crippen molar-refractivity contribution in [3.8, 4) is 0 Å². The summed E-state index contributed by atoms with van der Waals surface area (Å²) in [5, 5.41) is 0. The first-order chi connectivity index (χ1) is 14.3. The Morgan fingerprint density at radius 1 is 1.07 bits per heavy atom. The fourth-order valence-corrected chi connectivity index (χ4v) is 4.14. The first-order valence-corrected chi connectivity index (χ1v) is 10.6. The third-order valence-electron chi connectivity index (χ3n) is 5.96. The second-order valence-corrected chi connectivity index (χ2v) is 8.44. The van der Waals surface area contributed by atoms with Crippen LogP contribution >= 0.6 is 0 Å². The van der Waals surface area contributed by atoms with Gasteiger partial charge in [0.2, 0.25) is 11.8 Å². The average Bonchev–Trinajstić information content (AvgIpc) is 3.10. The molecular weight excluding hydrogens is 384 g/mol. The van der Waals surface area contributed by atoms with Gasteiger partial charge in [0, 0.05) is 51.1 Å². The van der Waals surface area contributed by atoms with Crippen LogP contribution in [0.5, 0.6) is 0 Å². The molecule has 0 aromatic heterocycles. The van der Waals surface area contributed by atoms with Crippen molar-refractivity contribution in [1.82, 2.24) is 14.7 Å². The standard InChI is InChI=1S/C22H32N4O4/c1-16(2)25-10-8-24(9-11-25)15-21(28)26-13-18(12-20(23)27)19(14-26)30-22(29)17-6-4-3-5-7-17/h3-7,16,18-19H,8-15H2,1-2H3,(H2,23,27)/t18-,19+/m0/s1. The molecule has 0 radical (unpaired) electrons. The molecule has 0 unspecified atom stereocenters. The number of rotatable bonds is 7. The van der Waals surface area contributed by atoms with Gasteiger partial charge in [-0.15, -0.1) is 0 Å². The summed E-state index contributed by atoms with van der Waals surface area (Å²) >= 11 is 0. The van der Waals surface area contributed by atoms with E-state index in [4.69, 9.17) is 10.5 Å². The summed E-state index contributed by atoms with van der Waals surface area (Å²) in [4.78, 5) is 43.1. The number of hydrogen-bond donors (Lipinski definition) is 1. The predicted octanol–water partition coefficient (Wildman–Crippen LogP) is 0.572. The molecule has 2 fully saturated rings. The summed E-state index contributed by atoms with van der Waals surface area (Å²) in [7, 11) is 0. The predicted molar refractivity (Wildman–Crippen MR) is 113 cm³/mol. The number of carbonyl (C=O) groups is 3. The van der Waals surface area contributed by atoms with Gasteiger partial charge in [-0.3, -0.25) is 19.4 Å². The molecule has 2 heterocycles. The zero-order chi connectivity index (χ0) is 21.7. The molecule has 0 bridgehead atoms. The highest BCUT2D eigenvalue weighted by Crippen LogP contribution is 2.24. The van der Waals surface area contributed by atoms with Gasteiger partial charge < -0.3 is 15.4 Å². The van der Waals surface area contributed by atoms with Crippen LogP contribution in [0.2, 0.25) is 0 Å². The summed E-state index contributed by atoms with van der Waals surface area (Å²) in [6.45, 7) is 8.99. The van der Waals surface area contributed by atoms with E-state index in [2.05, 4.69) is 23.6 Å². The Labute approximate surface area is 177 Å². The van der Waals surface area contributed by atoms with Gasteiger partial charge in [0.15, 0.2) is 0 Å². The van der Waals surface area contributed by atoms with Crippen LogP contribution in [-0.2, 0) is 14.3 Å². The number of nitrogens with two attached hydrogens (primary N) is 1. The second-order valence-electron chi connectivity index (χ2n) is 8.44. The lowest BCUT2D eigenvalue weighted by Crippen LogP contribution is -2.51. The second kappa shape index (κ2) is 10.0. The molecule has 0 saturated carbocycles. The summed E-state index contributed by atoms with van der Waals surface area (Å²) in [5.41, 5.74) is 5.84. The number of piperazine rings is 1. The van der Waals surface area contributed by atoms with Crippen LogP contribution in [-0.4, -0.2) is 90.4 Å². The molecule has 2 aliphatic rings. The summed E-state index contributed by atoms with van der Waals surface area (Å²) in [5.74, 6) is -1.19. The minimum Gasteiger partial charge on any atom is -0.457 e. The first kappa shape index (κ1) is 22.2. The Kier molecular flexibility index (Phi) is 7.44. The van der Waals surface area contributed by atoms with Crippen molar-refractivity contribution in [2.45, 2.75) is 32.4 Å². The third kappa shape index (κ3) is 5.79. The van der Waals surface area contributed by atoms with E-state index in [1.807, 2.05) is 6.07 Å². The molecule has 1 aromatic carbocycles. The lowest BCUT2D eigenvalue weighted by Gasteiger charge is -2.37. The smallest absolute Gasteiger partial charge is 0.338 e. The summed E-state index contributed by atoms with van der Waals surface area (Å²) in [6.07, 6.45) is -0.448. The van der Waals surface area contributed by atoms with Crippen LogP contribution in [0.3, 0.4) is 0 Å². The van der Waals surface area contributed by atoms with Crippen LogP contribution in [0.4, 0.5) is 0 Å². The number of benzene rings is 1.